The van der Waals surface area contributed by atoms with Crippen LogP contribution in [0.3, 0.4) is 0 Å². The number of ether oxygens (including phenoxy) is 2. The third kappa shape index (κ3) is 5.06. The van der Waals surface area contributed by atoms with Crippen LogP contribution in [-0.4, -0.2) is 19.1 Å². The van der Waals surface area contributed by atoms with Gasteiger partial charge in [0.1, 0.15) is 29.1 Å². The molecule has 1 atom stereocenters. The number of aromatic nitrogens is 4. The lowest BCUT2D eigenvalue weighted by molar-refractivity contribution is 0.118. The Bertz CT molecular complexity index is 1270. The summed E-state index contributed by atoms with van der Waals surface area (Å²) in [5, 5.41) is 3.37. The number of para-hydroxylation sites is 1. The molecule has 34 heavy (non-hydrogen) atoms. The van der Waals surface area contributed by atoms with Crippen LogP contribution in [0.25, 0.3) is 0 Å². The molecule has 4 aromatic rings. The van der Waals surface area contributed by atoms with Crippen LogP contribution in [0.1, 0.15) is 31.1 Å². The number of anilines is 2. The number of benzene rings is 2. The van der Waals surface area contributed by atoms with Gasteiger partial charge >= 0.3 is 5.69 Å². The summed E-state index contributed by atoms with van der Waals surface area (Å²) in [5.41, 5.74) is 1.54. The minimum Gasteiger partial charge on any atom is -0.492 e. The summed E-state index contributed by atoms with van der Waals surface area (Å²) in [6.07, 6.45) is 11.5. The predicted molar refractivity (Wildman–Crippen MR) is 130 cm³/mol. The summed E-state index contributed by atoms with van der Waals surface area (Å²) in [6.45, 7) is 1.37. The van der Waals surface area contributed by atoms with Gasteiger partial charge in [-0.3, -0.25) is 9.55 Å². The second-order valence-electron chi connectivity index (χ2n) is 8.13. The molecule has 0 saturated heterocycles. The highest BCUT2D eigenvalue weighted by Gasteiger charge is 2.25. The van der Waals surface area contributed by atoms with E-state index < -0.39 is 0 Å². The van der Waals surface area contributed by atoms with Crippen LogP contribution in [0, 0.1) is 0 Å². The van der Waals surface area contributed by atoms with Crippen LogP contribution in [-0.2, 0) is 17.8 Å². The van der Waals surface area contributed by atoms with Crippen molar-refractivity contribution in [2.45, 2.75) is 38.5 Å². The van der Waals surface area contributed by atoms with Gasteiger partial charge in [-0.1, -0.05) is 18.2 Å². The number of imidazole rings is 2. The van der Waals surface area contributed by atoms with E-state index in [1.807, 2.05) is 71.4 Å². The topological polar surface area (TPSA) is 86.1 Å². The molecule has 0 aliphatic carbocycles. The Hall–Kier alpha value is -4.20. The minimum absolute atomic E-state index is 0.148. The summed E-state index contributed by atoms with van der Waals surface area (Å²) in [6, 6.07) is 17.3. The molecule has 3 heterocycles. The van der Waals surface area contributed by atoms with E-state index in [-0.39, 0.29) is 11.8 Å². The fourth-order valence-corrected chi connectivity index (χ4v) is 4.08. The van der Waals surface area contributed by atoms with Crippen LogP contribution in [0.15, 0.2) is 90.5 Å². The first kappa shape index (κ1) is 21.6. The fourth-order valence-electron chi connectivity index (χ4n) is 4.08. The Morgan fingerprint density at radius 1 is 1.09 bits per heavy atom. The average molecular weight is 458 g/mol. The zero-order valence-electron chi connectivity index (χ0n) is 18.8. The molecule has 2 aromatic carbocycles. The summed E-state index contributed by atoms with van der Waals surface area (Å²) in [7, 11) is 0. The molecule has 0 bridgehead atoms. The van der Waals surface area contributed by atoms with Crippen LogP contribution < -0.4 is 15.7 Å². The Morgan fingerprint density at radius 3 is 2.65 bits per heavy atom. The minimum atomic E-state index is -0.194. The van der Waals surface area contributed by atoms with Gasteiger partial charge in [0, 0.05) is 31.2 Å². The number of allylic oxidation sites excluding steroid dienone is 1. The van der Waals surface area contributed by atoms with Crippen LogP contribution in [0.4, 0.5) is 11.5 Å². The number of aromatic amines is 1. The summed E-state index contributed by atoms with van der Waals surface area (Å²) >= 11 is 0. The molecule has 0 saturated carbocycles. The van der Waals surface area contributed by atoms with Crippen molar-refractivity contribution in [3.8, 4) is 11.5 Å². The van der Waals surface area contributed by atoms with Crippen LogP contribution in [0.5, 0.6) is 11.5 Å². The van der Waals surface area contributed by atoms with Crippen molar-refractivity contribution in [2.75, 3.05) is 5.32 Å². The maximum atomic E-state index is 12.9. The number of rotatable bonds is 9. The van der Waals surface area contributed by atoms with E-state index in [1.165, 1.54) is 0 Å². The third-order valence-electron chi connectivity index (χ3n) is 5.72. The van der Waals surface area contributed by atoms with Crippen molar-refractivity contribution in [3.63, 3.8) is 0 Å². The van der Waals surface area contributed by atoms with Gasteiger partial charge in [-0.05, 0) is 61.7 Å². The fraction of sp³-hybridized carbons (Fsp3) is 0.231. The van der Waals surface area contributed by atoms with Crippen LogP contribution in [0.2, 0.25) is 0 Å². The van der Waals surface area contributed by atoms with E-state index in [0.717, 1.165) is 48.7 Å². The molecule has 174 valence electrons. The van der Waals surface area contributed by atoms with Gasteiger partial charge in [-0.15, -0.1) is 0 Å². The molecule has 0 spiro atoms. The lowest BCUT2D eigenvalue weighted by Gasteiger charge is -2.22. The molecular weight excluding hydrogens is 430 g/mol. The van der Waals surface area contributed by atoms with E-state index in [4.69, 9.17) is 9.47 Å². The maximum Gasteiger partial charge on any atom is 0.327 e. The van der Waals surface area contributed by atoms with E-state index in [2.05, 4.69) is 15.3 Å². The largest absolute Gasteiger partial charge is 0.492 e. The summed E-state index contributed by atoms with van der Waals surface area (Å²) < 4.78 is 15.6. The smallest absolute Gasteiger partial charge is 0.327 e. The molecule has 0 radical (unpaired) electrons. The van der Waals surface area contributed by atoms with Crippen molar-refractivity contribution in [1.82, 2.24) is 19.1 Å². The molecule has 2 N–H and O–H groups in total. The highest BCUT2D eigenvalue weighted by atomic mass is 16.5. The van der Waals surface area contributed by atoms with Gasteiger partial charge in [-0.25, -0.2) is 9.78 Å². The first-order valence-electron chi connectivity index (χ1n) is 11.5. The van der Waals surface area contributed by atoms with Gasteiger partial charge in [0.25, 0.3) is 0 Å². The molecule has 1 unspecified atom stereocenters. The van der Waals surface area contributed by atoms with Gasteiger partial charge in [0.05, 0.1) is 12.6 Å². The van der Waals surface area contributed by atoms with Crippen LogP contribution >= 0.6 is 0 Å². The summed E-state index contributed by atoms with van der Waals surface area (Å²) in [5.74, 6) is 2.18. The normalized spacial score (nSPS) is 15.1. The van der Waals surface area contributed by atoms with Gasteiger partial charge in [-0.2, -0.15) is 0 Å². The first-order valence-corrected chi connectivity index (χ1v) is 11.5. The van der Waals surface area contributed by atoms with Gasteiger partial charge < -0.3 is 19.4 Å². The van der Waals surface area contributed by atoms with Crippen molar-refractivity contribution in [3.05, 3.63) is 102 Å². The van der Waals surface area contributed by atoms with Crippen molar-refractivity contribution in [1.29, 1.82) is 0 Å². The summed E-state index contributed by atoms with van der Waals surface area (Å²) in [4.78, 5) is 20.0. The SMILES string of the molecule is O=c1[nH]c(Nc2ccc(Oc3ccccc3)cc2)c(C2CCC=CO2)n1CCCn1ccnc1. The lowest BCUT2D eigenvalue weighted by atomic mass is 10.1. The van der Waals surface area contributed by atoms with Crippen molar-refractivity contribution < 1.29 is 9.47 Å². The molecule has 0 amide bonds. The van der Waals surface area contributed by atoms with Gasteiger partial charge in [0.2, 0.25) is 0 Å². The number of nitrogens with one attached hydrogen (secondary N) is 2. The molecule has 8 nitrogen and oxygen atoms in total. The second kappa shape index (κ2) is 10.2. The second-order valence-corrected chi connectivity index (χ2v) is 8.13. The average Bonchev–Trinajstić information content (AvgIpc) is 3.49. The number of hydrogen-bond donors (Lipinski definition) is 2. The lowest BCUT2D eigenvalue weighted by Crippen LogP contribution is -2.22. The third-order valence-corrected chi connectivity index (χ3v) is 5.72. The molecule has 8 heteroatoms. The van der Waals surface area contributed by atoms with Crippen molar-refractivity contribution in [2.24, 2.45) is 0 Å². The first-order chi connectivity index (χ1) is 16.8. The monoisotopic (exact) mass is 457 g/mol. The Labute approximate surface area is 197 Å². The molecular formula is C26H27N5O3. The molecule has 5 rings (SSSR count). The van der Waals surface area contributed by atoms with E-state index >= 15 is 0 Å². The number of H-pyrrole nitrogens is 1. The molecule has 0 fully saturated rings. The van der Waals surface area contributed by atoms with E-state index in [9.17, 15) is 4.79 Å². The van der Waals surface area contributed by atoms with Crippen molar-refractivity contribution >= 4 is 11.5 Å². The van der Waals surface area contributed by atoms with Gasteiger partial charge in [0.15, 0.2) is 0 Å². The highest BCUT2D eigenvalue weighted by Crippen LogP contribution is 2.32. The highest BCUT2D eigenvalue weighted by molar-refractivity contribution is 5.60. The molecule has 2 aromatic heterocycles. The predicted octanol–water partition coefficient (Wildman–Crippen LogP) is 5.36. The Kier molecular flexibility index (Phi) is 6.47. The van der Waals surface area contributed by atoms with E-state index in [1.54, 1.807) is 23.4 Å². The number of aryl methyl sites for hydroxylation is 1. The number of nitrogens with zero attached hydrogens (tertiary/aromatic N) is 3. The quantitative estimate of drug-likeness (QED) is 0.353. The zero-order valence-corrected chi connectivity index (χ0v) is 18.8. The molecule has 1 aliphatic rings. The Morgan fingerprint density at radius 2 is 1.91 bits per heavy atom. The number of hydrogen-bond acceptors (Lipinski definition) is 5. The van der Waals surface area contributed by atoms with E-state index in [0.29, 0.717) is 12.4 Å². The molecule has 1 aliphatic heterocycles. The standard InChI is InChI=1S/C26H27N5O3/c32-26-29-25(28-20-10-12-22(13-11-20)34-21-7-2-1-3-8-21)24(23-9-4-5-18-33-23)31(26)16-6-15-30-17-14-27-19-30/h1-3,5,7-8,10-14,17-19,23,28H,4,6,9,15-16H2,(H,29,32). The zero-order chi connectivity index (χ0) is 23.2. The Balaban J connectivity index is 1.34. The maximum absolute atomic E-state index is 12.9.